The van der Waals surface area contributed by atoms with Crippen molar-refractivity contribution in [3.8, 4) is 0 Å². The van der Waals surface area contributed by atoms with Crippen LogP contribution in [0.5, 0.6) is 0 Å². The van der Waals surface area contributed by atoms with Crippen LogP contribution in [-0.2, 0) is 10.5 Å². The van der Waals surface area contributed by atoms with E-state index in [0.717, 1.165) is 36.7 Å². The molecule has 1 aliphatic heterocycles. The Morgan fingerprint density at radius 1 is 1.41 bits per heavy atom. The van der Waals surface area contributed by atoms with Gasteiger partial charge in [0.2, 0.25) is 5.91 Å². The quantitative estimate of drug-likeness (QED) is 0.783. The first-order valence-electron chi connectivity index (χ1n) is 7.92. The van der Waals surface area contributed by atoms with E-state index in [4.69, 9.17) is 0 Å². The minimum atomic E-state index is -0.206. The molecule has 1 aromatic rings. The summed E-state index contributed by atoms with van der Waals surface area (Å²) in [6.07, 6.45) is 2.99. The summed E-state index contributed by atoms with van der Waals surface area (Å²) >= 11 is 1.72. The Balaban J connectivity index is 1.61. The van der Waals surface area contributed by atoms with Crippen LogP contribution in [0.2, 0.25) is 0 Å². The van der Waals surface area contributed by atoms with Gasteiger partial charge in [0.25, 0.3) is 0 Å². The monoisotopic (exact) mass is 324 g/mol. The van der Waals surface area contributed by atoms with Gasteiger partial charge in [-0.15, -0.1) is 0 Å². The highest BCUT2D eigenvalue weighted by Gasteiger charge is 2.17. The second-order valence-corrected chi connectivity index (χ2v) is 7.02. The molecule has 1 saturated heterocycles. The largest absolute Gasteiger partial charge is 0.345 e. The molecule has 0 radical (unpaired) electrons. The summed E-state index contributed by atoms with van der Waals surface area (Å²) in [5.74, 6) is 2.24. The van der Waals surface area contributed by atoms with Gasteiger partial charge in [-0.2, -0.15) is 11.8 Å². The average Bonchev–Trinajstić information content (AvgIpc) is 2.54. The van der Waals surface area contributed by atoms with Crippen molar-refractivity contribution in [1.29, 1.82) is 0 Å². The first-order chi connectivity index (χ1) is 10.6. The molecule has 5 heteroatoms. The molecule has 0 saturated carbocycles. The third-order valence-corrected chi connectivity index (χ3v) is 5.03. The molecular formula is C17H25FN2OS. The highest BCUT2D eigenvalue weighted by Crippen LogP contribution is 2.15. The van der Waals surface area contributed by atoms with E-state index in [9.17, 15) is 9.18 Å². The minimum absolute atomic E-state index is 0.206. The van der Waals surface area contributed by atoms with Gasteiger partial charge in [0.05, 0.1) is 0 Å². The molecule has 1 fully saturated rings. The zero-order valence-corrected chi connectivity index (χ0v) is 14.0. The zero-order valence-electron chi connectivity index (χ0n) is 13.2. The second-order valence-electron chi connectivity index (χ2n) is 5.92. The van der Waals surface area contributed by atoms with Gasteiger partial charge in [0, 0.05) is 31.5 Å². The number of piperidine rings is 1. The Hall–Kier alpha value is -1.07. The van der Waals surface area contributed by atoms with Crippen molar-refractivity contribution in [3.63, 3.8) is 0 Å². The van der Waals surface area contributed by atoms with Gasteiger partial charge in [-0.1, -0.05) is 12.1 Å². The van der Waals surface area contributed by atoms with Crippen LogP contribution in [0.25, 0.3) is 0 Å². The first-order valence-corrected chi connectivity index (χ1v) is 9.07. The Labute approximate surface area is 136 Å². The van der Waals surface area contributed by atoms with Gasteiger partial charge in [-0.05, 0) is 49.5 Å². The summed E-state index contributed by atoms with van der Waals surface area (Å²) in [5, 5.41) is 3.38. The fourth-order valence-corrected chi connectivity index (χ4v) is 3.58. The Bertz CT molecular complexity index is 460. The van der Waals surface area contributed by atoms with Crippen LogP contribution in [0, 0.1) is 11.7 Å². The topological polar surface area (TPSA) is 32.3 Å². The maximum Gasteiger partial charge on any atom is 0.223 e. The van der Waals surface area contributed by atoms with E-state index in [-0.39, 0.29) is 11.7 Å². The standard InChI is InChI=1S/C17H25FN2OS/c1-20(12-15-3-2-9-19-11-15)17(21)8-10-22-13-14-4-6-16(18)7-5-14/h4-7,15,19H,2-3,8-13H2,1H3. The molecule has 1 aromatic carbocycles. The molecule has 122 valence electrons. The number of hydrogen-bond donors (Lipinski definition) is 1. The normalized spacial score (nSPS) is 18.2. The molecule has 2 rings (SSSR count). The lowest BCUT2D eigenvalue weighted by Crippen LogP contribution is -2.39. The van der Waals surface area contributed by atoms with Crippen LogP contribution in [-0.4, -0.2) is 43.2 Å². The van der Waals surface area contributed by atoms with Gasteiger partial charge in [-0.25, -0.2) is 4.39 Å². The van der Waals surface area contributed by atoms with Crippen molar-refractivity contribution >= 4 is 17.7 Å². The molecule has 1 N–H and O–H groups in total. The van der Waals surface area contributed by atoms with Gasteiger partial charge in [0.15, 0.2) is 0 Å². The lowest BCUT2D eigenvalue weighted by molar-refractivity contribution is -0.130. The van der Waals surface area contributed by atoms with Crippen molar-refractivity contribution in [2.45, 2.75) is 25.0 Å². The number of benzene rings is 1. The molecule has 1 unspecified atom stereocenters. The number of carbonyl (C=O) groups is 1. The molecule has 0 bridgehead atoms. The molecule has 0 aliphatic carbocycles. The van der Waals surface area contributed by atoms with Crippen LogP contribution < -0.4 is 5.32 Å². The van der Waals surface area contributed by atoms with Crippen LogP contribution in [0.3, 0.4) is 0 Å². The predicted molar refractivity (Wildman–Crippen MR) is 90.4 cm³/mol. The van der Waals surface area contributed by atoms with Crippen molar-refractivity contribution in [2.24, 2.45) is 5.92 Å². The number of rotatable bonds is 7. The maximum atomic E-state index is 12.8. The van der Waals surface area contributed by atoms with E-state index in [1.807, 2.05) is 11.9 Å². The number of nitrogens with one attached hydrogen (secondary N) is 1. The molecule has 0 spiro atoms. The number of nitrogens with zero attached hydrogens (tertiary/aromatic N) is 1. The summed E-state index contributed by atoms with van der Waals surface area (Å²) in [4.78, 5) is 14.0. The third-order valence-electron chi connectivity index (χ3n) is 4.00. The minimum Gasteiger partial charge on any atom is -0.345 e. The highest BCUT2D eigenvalue weighted by atomic mass is 32.2. The molecular weight excluding hydrogens is 299 g/mol. The molecule has 3 nitrogen and oxygen atoms in total. The number of hydrogen-bond acceptors (Lipinski definition) is 3. The first kappa shape index (κ1) is 17.3. The molecule has 22 heavy (non-hydrogen) atoms. The highest BCUT2D eigenvalue weighted by molar-refractivity contribution is 7.98. The summed E-state index contributed by atoms with van der Waals surface area (Å²) in [6.45, 7) is 2.99. The summed E-state index contributed by atoms with van der Waals surface area (Å²) in [5.41, 5.74) is 1.10. The smallest absolute Gasteiger partial charge is 0.223 e. The van der Waals surface area contributed by atoms with E-state index < -0.39 is 0 Å². The molecule has 1 heterocycles. The number of thioether (sulfide) groups is 1. The van der Waals surface area contributed by atoms with Crippen LogP contribution >= 0.6 is 11.8 Å². The lowest BCUT2D eigenvalue weighted by Gasteiger charge is -2.27. The van der Waals surface area contributed by atoms with E-state index in [1.54, 1.807) is 23.9 Å². The zero-order chi connectivity index (χ0) is 15.8. The van der Waals surface area contributed by atoms with E-state index in [1.165, 1.54) is 25.0 Å². The predicted octanol–water partition coefficient (Wildman–Crippen LogP) is 2.91. The Morgan fingerprint density at radius 3 is 2.86 bits per heavy atom. The van der Waals surface area contributed by atoms with Crippen molar-refractivity contribution in [3.05, 3.63) is 35.6 Å². The maximum absolute atomic E-state index is 12.8. The van der Waals surface area contributed by atoms with Crippen LogP contribution in [0.4, 0.5) is 4.39 Å². The summed E-state index contributed by atoms with van der Waals surface area (Å²) in [6, 6.07) is 6.55. The number of amides is 1. The van der Waals surface area contributed by atoms with Crippen LogP contribution in [0.15, 0.2) is 24.3 Å². The molecule has 1 aliphatic rings. The lowest BCUT2D eigenvalue weighted by atomic mass is 9.99. The van der Waals surface area contributed by atoms with Crippen molar-refractivity contribution in [1.82, 2.24) is 10.2 Å². The molecule has 0 aromatic heterocycles. The third kappa shape index (κ3) is 5.97. The number of carbonyl (C=O) groups excluding carboxylic acids is 1. The van der Waals surface area contributed by atoms with Gasteiger partial charge in [0.1, 0.15) is 5.82 Å². The van der Waals surface area contributed by atoms with Gasteiger partial charge < -0.3 is 10.2 Å². The van der Waals surface area contributed by atoms with E-state index >= 15 is 0 Å². The average molecular weight is 324 g/mol. The van der Waals surface area contributed by atoms with E-state index in [2.05, 4.69) is 5.32 Å². The Kier molecular flexibility index (Phi) is 7.19. The second kappa shape index (κ2) is 9.16. The fourth-order valence-electron chi connectivity index (χ4n) is 2.69. The van der Waals surface area contributed by atoms with Crippen molar-refractivity contribution in [2.75, 3.05) is 32.4 Å². The molecule has 1 atom stereocenters. The molecule has 1 amide bonds. The van der Waals surface area contributed by atoms with Crippen LogP contribution in [0.1, 0.15) is 24.8 Å². The number of halogens is 1. The Morgan fingerprint density at radius 2 is 2.18 bits per heavy atom. The summed E-state index contributed by atoms with van der Waals surface area (Å²) < 4.78 is 12.8. The SMILES string of the molecule is CN(CC1CCCNC1)C(=O)CCSCc1ccc(F)cc1. The van der Waals surface area contributed by atoms with Crippen molar-refractivity contribution < 1.29 is 9.18 Å². The summed E-state index contributed by atoms with van der Waals surface area (Å²) in [7, 11) is 1.90. The fraction of sp³-hybridized carbons (Fsp3) is 0.588. The van der Waals surface area contributed by atoms with Gasteiger partial charge >= 0.3 is 0 Å². The van der Waals surface area contributed by atoms with E-state index in [0.29, 0.717) is 12.3 Å². The van der Waals surface area contributed by atoms with Gasteiger partial charge in [-0.3, -0.25) is 4.79 Å².